The summed E-state index contributed by atoms with van der Waals surface area (Å²) in [6, 6.07) is 18.6. The lowest BCUT2D eigenvalue weighted by atomic mass is 10.0. The summed E-state index contributed by atoms with van der Waals surface area (Å²) in [4.78, 5) is 29.1. The number of amides is 2. The van der Waals surface area contributed by atoms with E-state index in [1.54, 1.807) is 0 Å². The van der Waals surface area contributed by atoms with Crippen molar-refractivity contribution < 1.29 is 18.4 Å². The highest BCUT2D eigenvalue weighted by Crippen LogP contribution is 2.35. The van der Waals surface area contributed by atoms with Gasteiger partial charge in [-0.15, -0.1) is 0 Å². The van der Waals surface area contributed by atoms with Crippen molar-refractivity contribution in [2.75, 3.05) is 42.3 Å². The van der Waals surface area contributed by atoms with Crippen LogP contribution in [0.5, 0.6) is 0 Å². The van der Waals surface area contributed by atoms with Gasteiger partial charge in [0.2, 0.25) is 0 Å². The highest BCUT2D eigenvalue weighted by atomic mass is 19.1. The number of hydrogen-bond donors (Lipinski definition) is 2. The van der Waals surface area contributed by atoms with Gasteiger partial charge < -0.3 is 20.4 Å². The van der Waals surface area contributed by atoms with Gasteiger partial charge in [0.25, 0.3) is 0 Å². The van der Waals surface area contributed by atoms with Gasteiger partial charge in [-0.1, -0.05) is 30.3 Å². The standard InChI is InChI=1S/C26H26F2N4O2/c1-31(2)20-10-7-18(8-11-20)24(32-14-13-17-5-3-4-6-23(17)32)16-29-25(33)26(34)30-22-15-19(27)9-12-21(22)28/h3-12,15,24H,13-14,16H2,1-2H3,(H,29,33)(H,30,34). The van der Waals surface area contributed by atoms with E-state index >= 15 is 0 Å². The van der Waals surface area contributed by atoms with Gasteiger partial charge in [0, 0.05) is 44.6 Å². The Morgan fingerprint density at radius 1 is 1.00 bits per heavy atom. The summed E-state index contributed by atoms with van der Waals surface area (Å²) < 4.78 is 27.2. The summed E-state index contributed by atoms with van der Waals surface area (Å²) in [5.74, 6) is -3.53. The van der Waals surface area contributed by atoms with Crippen LogP contribution in [0, 0.1) is 11.6 Å². The summed E-state index contributed by atoms with van der Waals surface area (Å²) >= 11 is 0. The van der Waals surface area contributed by atoms with Crippen LogP contribution in [0.15, 0.2) is 66.7 Å². The fourth-order valence-corrected chi connectivity index (χ4v) is 4.13. The van der Waals surface area contributed by atoms with Crippen LogP contribution in [-0.2, 0) is 16.0 Å². The number of anilines is 3. The van der Waals surface area contributed by atoms with E-state index in [9.17, 15) is 18.4 Å². The molecule has 2 amide bonds. The maximum atomic E-state index is 13.8. The highest BCUT2D eigenvalue weighted by molar-refractivity contribution is 6.39. The van der Waals surface area contributed by atoms with Gasteiger partial charge in [-0.2, -0.15) is 0 Å². The summed E-state index contributed by atoms with van der Waals surface area (Å²) in [5, 5.41) is 4.80. The first kappa shape index (κ1) is 23.2. The molecule has 0 radical (unpaired) electrons. The van der Waals surface area contributed by atoms with Crippen molar-refractivity contribution in [2.45, 2.75) is 12.5 Å². The Kier molecular flexibility index (Phi) is 6.77. The van der Waals surface area contributed by atoms with Crippen LogP contribution in [-0.4, -0.2) is 39.0 Å². The number of fused-ring (bicyclic) bond motifs is 1. The average Bonchev–Trinajstić information content (AvgIpc) is 3.25. The SMILES string of the molecule is CN(C)c1ccc(C(CNC(=O)C(=O)Nc2cc(F)ccc2F)N2CCc3ccccc32)cc1. The quantitative estimate of drug-likeness (QED) is 0.544. The van der Waals surface area contributed by atoms with Gasteiger partial charge in [-0.3, -0.25) is 9.59 Å². The van der Waals surface area contributed by atoms with Crippen molar-refractivity contribution in [3.63, 3.8) is 0 Å². The second kappa shape index (κ2) is 9.91. The first-order valence-electron chi connectivity index (χ1n) is 11.0. The lowest BCUT2D eigenvalue weighted by molar-refractivity contribution is -0.136. The second-order valence-electron chi connectivity index (χ2n) is 8.36. The molecule has 0 aromatic heterocycles. The zero-order valence-corrected chi connectivity index (χ0v) is 19.0. The number of nitrogens with one attached hydrogen (secondary N) is 2. The zero-order valence-electron chi connectivity index (χ0n) is 19.0. The Morgan fingerprint density at radius 3 is 2.47 bits per heavy atom. The van der Waals surface area contributed by atoms with Crippen molar-refractivity contribution in [1.82, 2.24) is 5.32 Å². The largest absolute Gasteiger partial charge is 0.378 e. The van der Waals surface area contributed by atoms with Crippen LogP contribution in [0.3, 0.4) is 0 Å². The molecule has 6 nitrogen and oxygen atoms in total. The van der Waals surface area contributed by atoms with E-state index in [1.807, 2.05) is 61.5 Å². The zero-order chi connectivity index (χ0) is 24.2. The molecule has 0 bridgehead atoms. The molecule has 3 aromatic rings. The molecule has 3 aromatic carbocycles. The number of rotatable bonds is 6. The molecule has 1 aliphatic heterocycles. The van der Waals surface area contributed by atoms with E-state index in [1.165, 1.54) is 5.56 Å². The van der Waals surface area contributed by atoms with E-state index < -0.39 is 23.4 Å². The first-order chi connectivity index (χ1) is 16.3. The third-order valence-electron chi connectivity index (χ3n) is 5.93. The van der Waals surface area contributed by atoms with Gasteiger partial charge in [-0.25, -0.2) is 8.78 Å². The minimum absolute atomic E-state index is 0.160. The van der Waals surface area contributed by atoms with E-state index in [0.717, 1.165) is 48.1 Å². The van der Waals surface area contributed by atoms with Crippen molar-refractivity contribution in [2.24, 2.45) is 0 Å². The fourth-order valence-electron chi connectivity index (χ4n) is 4.13. The third kappa shape index (κ3) is 5.01. The summed E-state index contributed by atoms with van der Waals surface area (Å²) in [6.45, 7) is 0.934. The summed E-state index contributed by atoms with van der Waals surface area (Å²) in [6.07, 6.45) is 0.885. The molecule has 0 spiro atoms. The van der Waals surface area contributed by atoms with Gasteiger partial charge in [-0.05, 0) is 47.9 Å². The molecular weight excluding hydrogens is 438 g/mol. The van der Waals surface area contributed by atoms with Crippen molar-refractivity contribution in [3.05, 3.63) is 89.5 Å². The fraction of sp³-hybridized carbons (Fsp3) is 0.231. The van der Waals surface area contributed by atoms with Crippen molar-refractivity contribution >= 4 is 28.9 Å². The van der Waals surface area contributed by atoms with E-state index in [4.69, 9.17) is 0 Å². The maximum absolute atomic E-state index is 13.8. The summed E-state index contributed by atoms with van der Waals surface area (Å²) in [5.41, 5.74) is 3.96. The number of carbonyl (C=O) groups is 2. The van der Waals surface area contributed by atoms with Gasteiger partial charge in [0.1, 0.15) is 11.6 Å². The molecular formula is C26H26F2N4O2. The Labute approximate surface area is 197 Å². The smallest absolute Gasteiger partial charge is 0.313 e. The topological polar surface area (TPSA) is 64.7 Å². The van der Waals surface area contributed by atoms with Crippen LogP contribution >= 0.6 is 0 Å². The number of nitrogens with zero attached hydrogens (tertiary/aromatic N) is 2. The molecule has 0 saturated heterocycles. The Balaban J connectivity index is 1.52. The molecule has 2 N–H and O–H groups in total. The van der Waals surface area contributed by atoms with Crippen LogP contribution in [0.4, 0.5) is 25.8 Å². The molecule has 1 heterocycles. The van der Waals surface area contributed by atoms with Crippen LogP contribution in [0.2, 0.25) is 0 Å². The monoisotopic (exact) mass is 464 g/mol. The first-order valence-corrected chi connectivity index (χ1v) is 11.0. The molecule has 4 rings (SSSR count). The number of halogens is 2. The molecule has 0 saturated carbocycles. The molecule has 8 heteroatoms. The number of para-hydroxylation sites is 1. The molecule has 176 valence electrons. The average molecular weight is 465 g/mol. The number of carbonyl (C=O) groups excluding carboxylic acids is 2. The molecule has 1 unspecified atom stereocenters. The predicted molar refractivity (Wildman–Crippen MR) is 129 cm³/mol. The van der Waals surface area contributed by atoms with E-state index in [0.29, 0.717) is 0 Å². The molecule has 1 aliphatic rings. The molecule has 34 heavy (non-hydrogen) atoms. The highest BCUT2D eigenvalue weighted by Gasteiger charge is 2.28. The van der Waals surface area contributed by atoms with Crippen molar-refractivity contribution in [3.8, 4) is 0 Å². The van der Waals surface area contributed by atoms with Crippen LogP contribution < -0.4 is 20.4 Å². The van der Waals surface area contributed by atoms with Crippen molar-refractivity contribution in [1.29, 1.82) is 0 Å². The summed E-state index contributed by atoms with van der Waals surface area (Å²) in [7, 11) is 3.92. The predicted octanol–water partition coefficient (Wildman–Crippen LogP) is 3.89. The number of benzene rings is 3. The Bertz CT molecular complexity index is 1200. The molecule has 0 fully saturated rings. The lowest BCUT2D eigenvalue weighted by Gasteiger charge is -2.31. The van der Waals surface area contributed by atoms with Gasteiger partial charge in [0.15, 0.2) is 0 Å². The van der Waals surface area contributed by atoms with E-state index in [2.05, 4.69) is 21.6 Å². The minimum atomic E-state index is -1.06. The minimum Gasteiger partial charge on any atom is -0.378 e. The van der Waals surface area contributed by atoms with Gasteiger partial charge in [0.05, 0.1) is 11.7 Å². The Morgan fingerprint density at radius 2 is 1.74 bits per heavy atom. The van der Waals surface area contributed by atoms with Crippen LogP contribution in [0.1, 0.15) is 17.2 Å². The lowest BCUT2D eigenvalue weighted by Crippen LogP contribution is -2.42. The molecule has 0 aliphatic carbocycles. The van der Waals surface area contributed by atoms with Crippen LogP contribution in [0.25, 0.3) is 0 Å². The third-order valence-corrected chi connectivity index (χ3v) is 5.93. The molecule has 1 atom stereocenters. The number of hydrogen-bond acceptors (Lipinski definition) is 4. The second-order valence-corrected chi connectivity index (χ2v) is 8.36. The normalized spacial score (nSPS) is 13.2. The Hall–Kier alpha value is -3.94. The van der Waals surface area contributed by atoms with E-state index in [-0.39, 0.29) is 18.3 Å². The maximum Gasteiger partial charge on any atom is 0.313 e. The van der Waals surface area contributed by atoms with Gasteiger partial charge >= 0.3 is 11.8 Å².